The number of methoxy groups -OCH3 is 1. The highest BCUT2D eigenvalue weighted by molar-refractivity contribution is 6.30. The van der Waals surface area contributed by atoms with E-state index in [1.54, 1.807) is 18.2 Å². The van der Waals surface area contributed by atoms with E-state index >= 15 is 0 Å². The molecule has 1 aromatic rings. The van der Waals surface area contributed by atoms with Gasteiger partial charge in [-0.25, -0.2) is 0 Å². The fourth-order valence-electron chi connectivity index (χ4n) is 1.55. The fourth-order valence-corrected chi connectivity index (χ4v) is 1.71. The number of anilines is 1. The summed E-state index contributed by atoms with van der Waals surface area (Å²) in [5.74, 6) is 0.366. The van der Waals surface area contributed by atoms with Gasteiger partial charge in [-0.2, -0.15) is 0 Å². The Bertz CT molecular complexity index is 422. The van der Waals surface area contributed by atoms with Crippen LogP contribution in [-0.4, -0.2) is 32.3 Å². The van der Waals surface area contributed by atoms with E-state index in [0.717, 1.165) is 0 Å². The Morgan fingerprint density at radius 2 is 2.26 bits per heavy atom. The Balaban J connectivity index is 2.72. The van der Waals surface area contributed by atoms with E-state index < -0.39 is 0 Å². The molecule has 1 rings (SSSR count). The van der Waals surface area contributed by atoms with Crippen LogP contribution in [0.4, 0.5) is 5.69 Å². The SMILES string of the molecule is CCOc1cc(Cl)ccc1NC(=O)CC(CN)OC. The molecule has 0 fully saturated rings. The predicted molar refractivity (Wildman–Crippen MR) is 75.7 cm³/mol. The van der Waals surface area contributed by atoms with Crippen molar-refractivity contribution in [2.75, 3.05) is 25.6 Å². The molecule has 0 saturated carbocycles. The Morgan fingerprint density at radius 3 is 2.84 bits per heavy atom. The highest BCUT2D eigenvalue weighted by Gasteiger charge is 2.13. The summed E-state index contributed by atoms with van der Waals surface area (Å²) in [4.78, 5) is 11.8. The summed E-state index contributed by atoms with van der Waals surface area (Å²) >= 11 is 5.89. The number of nitrogens with one attached hydrogen (secondary N) is 1. The standard InChI is InChI=1S/C13H19ClN2O3/c1-3-19-12-6-9(14)4-5-11(12)16-13(17)7-10(8-15)18-2/h4-6,10H,3,7-8,15H2,1-2H3,(H,16,17). The molecule has 1 aromatic carbocycles. The first-order valence-electron chi connectivity index (χ1n) is 6.05. The van der Waals surface area contributed by atoms with Gasteiger partial charge in [-0.15, -0.1) is 0 Å². The molecular formula is C13H19ClN2O3. The molecular weight excluding hydrogens is 268 g/mol. The molecule has 0 saturated heterocycles. The average molecular weight is 287 g/mol. The van der Waals surface area contributed by atoms with Gasteiger partial charge in [-0.1, -0.05) is 11.6 Å². The zero-order chi connectivity index (χ0) is 14.3. The molecule has 1 amide bonds. The Hall–Kier alpha value is -1.30. The summed E-state index contributed by atoms with van der Waals surface area (Å²) in [6.45, 7) is 2.65. The number of benzene rings is 1. The van der Waals surface area contributed by atoms with Gasteiger partial charge in [0, 0.05) is 24.7 Å². The van der Waals surface area contributed by atoms with Crippen molar-refractivity contribution in [3.05, 3.63) is 23.2 Å². The van der Waals surface area contributed by atoms with Gasteiger partial charge in [0.1, 0.15) is 5.75 Å². The number of amides is 1. The number of nitrogens with two attached hydrogens (primary N) is 1. The largest absolute Gasteiger partial charge is 0.492 e. The molecule has 0 aromatic heterocycles. The monoisotopic (exact) mass is 286 g/mol. The molecule has 0 radical (unpaired) electrons. The normalized spacial score (nSPS) is 12.0. The topological polar surface area (TPSA) is 73.6 Å². The van der Waals surface area contributed by atoms with E-state index in [0.29, 0.717) is 29.6 Å². The first kappa shape index (κ1) is 15.8. The third-order valence-electron chi connectivity index (χ3n) is 2.53. The van der Waals surface area contributed by atoms with Gasteiger partial charge in [0.15, 0.2) is 0 Å². The highest BCUT2D eigenvalue weighted by Crippen LogP contribution is 2.28. The molecule has 0 spiro atoms. The quantitative estimate of drug-likeness (QED) is 0.804. The van der Waals surface area contributed by atoms with Crippen molar-refractivity contribution in [3.63, 3.8) is 0 Å². The number of hydrogen-bond donors (Lipinski definition) is 2. The average Bonchev–Trinajstić information content (AvgIpc) is 2.39. The highest BCUT2D eigenvalue weighted by atomic mass is 35.5. The molecule has 0 aliphatic carbocycles. The molecule has 1 atom stereocenters. The van der Waals surface area contributed by atoms with Crippen LogP contribution in [-0.2, 0) is 9.53 Å². The molecule has 106 valence electrons. The van der Waals surface area contributed by atoms with Crippen molar-refractivity contribution in [3.8, 4) is 5.75 Å². The summed E-state index contributed by atoms with van der Waals surface area (Å²) < 4.78 is 10.5. The molecule has 6 heteroatoms. The molecule has 1 unspecified atom stereocenters. The van der Waals surface area contributed by atoms with Crippen LogP contribution in [0.1, 0.15) is 13.3 Å². The Labute approximate surface area is 118 Å². The molecule has 19 heavy (non-hydrogen) atoms. The lowest BCUT2D eigenvalue weighted by Gasteiger charge is -2.15. The number of rotatable bonds is 7. The number of ether oxygens (including phenoxy) is 2. The molecule has 3 N–H and O–H groups in total. The number of carbonyl (C=O) groups is 1. The van der Waals surface area contributed by atoms with Gasteiger partial charge >= 0.3 is 0 Å². The van der Waals surface area contributed by atoms with E-state index in [1.165, 1.54) is 7.11 Å². The maximum absolute atomic E-state index is 11.8. The lowest BCUT2D eigenvalue weighted by atomic mass is 10.2. The smallest absolute Gasteiger partial charge is 0.227 e. The van der Waals surface area contributed by atoms with E-state index in [2.05, 4.69) is 5.32 Å². The fraction of sp³-hybridized carbons (Fsp3) is 0.462. The predicted octanol–water partition coefficient (Wildman–Crippen LogP) is 2.04. The number of halogens is 1. The van der Waals surface area contributed by atoms with Crippen molar-refractivity contribution < 1.29 is 14.3 Å². The van der Waals surface area contributed by atoms with E-state index in [4.69, 9.17) is 26.8 Å². The minimum Gasteiger partial charge on any atom is -0.492 e. The molecule has 0 bridgehead atoms. The lowest BCUT2D eigenvalue weighted by molar-refractivity contribution is -0.118. The summed E-state index contributed by atoms with van der Waals surface area (Å²) in [7, 11) is 1.53. The zero-order valence-corrected chi connectivity index (χ0v) is 11.9. The minimum atomic E-state index is -0.289. The van der Waals surface area contributed by atoms with Crippen molar-refractivity contribution in [2.45, 2.75) is 19.4 Å². The van der Waals surface area contributed by atoms with Gasteiger partial charge in [0.05, 0.1) is 24.8 Å². The molecule has 0 aliphatic heterocycles. The van der Waals surface area contributed by atoms with E-state index in [-0.39, 0.29) is 18.4 Å². The van der Waals surface area contributed by atoms with E-state index in [9.17, 15) is 4.79 Å². The van der Waals surface area contributed by atoms with Gasteiger partial charge < -0.3 is 20.5 Å². The molecule has 0 aliphatic rings. The summed E-state index contributed by atoms with van der Waals surface area (Å²) in [6, 6.07) is 5.06. The van der Waals surface area contributed by atoms with Crippen LogP contribution < -0.4 is 15.8 Å². The zero-order valence-electron chi connectivity index (χ0n) is 11.1. The van der Waals surface area contributed by atoms with Crippen LogP contribution in [0, 0.1) is 0 Å². The van der Waals surface area contributed by atoms with Crippen LogP contribution >= 0.6 is 11.6 Å². The minimum absolute atomic E-state index is 0.180. The number of carbonyl (C=O) groups excluding carboxylic acids is 1. The van der Waals surface area contributed by atoms with Gasteiger partial charge in [-0.05, 0) is 19.1 Å². The van der Waals surface area contributed by atoms with Gasteiger partial charge in [-0.3, -0.25) is 4.79 Å². The summed E-state index contributed by atoms with van der Waals surface area (Å²) in [6.07, 6.45) is -0.0934. The van der Waals surface area contributed by atoms with Crippen LogP contribution in [0.15, 0.2) is 18.2 Å². The van der Waals surface area contributed by atoms with Crippen LogP contribution in [0.3, 0.4) is 0 Å². The first-order valence-corrected chi connectivity index (χ1v) is 6.43. The first-order chi connectivity index (χ1) is 9.10. The van der Waals surface area contributed by atoms with Crippen molar-refractivity contribution in [1.82, 2.24) is 0 Å². The Morgan fingerprint density at radius 1 is 1.53 bits per heavy atom. The molecule has 5 nitrogen and oxygen atoms in total. The van der Waals surface area contributed by atoms with Crippen molar-refractivity contribution in [1.29, 1.82) is 0 Å². The van der Waals surface area contributed by atoms with Crippen molar-refractivity contribution >= 4 is 23.2 Å². The second-order valence-corrected chi connectivity index (χ2v) is 4.36. The summed E-state index contributed by atoms with van der Waals surface area (Å²) in [5, 5.41) is 3.32. The summed E-state index contributed by atoms with van der Waals surface area (Å²) in [5.41, 5.74) is 6.06. The third-order valence-corrected chi connectivity index (χ3v) is 2.76. The maximum Gasteiger partial charge on any atom is 0.227 e. The second-order valence-electron chi connectivity index (χ2n) is 3.92. The number of hydrogen-bond acceptors (Lipinski definition) is 4. The van der Waals surface area contributed by atoms with Crippen molar-refractivity contribution in [2.24, 2.45) is 5.73 Å². The van der Waals surface area contributed by atoms with E-state index in [1.807, 2.05) is 6.92 Å². The lowest BCUT2D eigenvalue weighted by Crippen LogP contribution is -2.28. The maximum atomic E-state index is 11.8. The molecule has 0 heterocycles. The third kappa shape index (κ3) is 5.06. The van der Waals surface area contributed by atoms with Crippen LogP contribution in [0.5, 0.6) is 5.75 Å². The van der Waals surface area contributed by atoms with Crippen LogP contribution in [0.25, 0.3) is 0 Å². The second kappa shape index (κ2) is 7.99. The van der Waals surface area contributed by atoms with Crippen LogP contribution in [0.2, 0.25) is 5.02 Å². The Kier molecular flexibility index (Phi) is 6.62. The van der Waals surface area contributed by atoms with Gasteiger partial charge in [0.2, 0.25) is 5.91 Å². The van der Waals surface area contributed by atoms with Gasteiger partial charge in [0.25, 0.3) is 0 Å².